The molecule has 0 saturated carbocycles. The lowest BCUT2D eigenvalue weighted by Gasteiger charge is -2.07. The Labute approximate surface area is 91.6 Å². The Morgan fingerprint density at radius 2 is 2.36 bits per heavy atom. The topological polar surface area (TPSA) is 33.0 Å². The first-order valence-corrected chi connectivity index (χ1v) is 5.31. The van der Waals surface area contributed by atoms with E-state index in [2.05, 4.69) is 28.1 Å². The van der Waals surface area contributed by atoms with Crippen LogP contribution in [0.15, 0.2) is 16.6 Å². The number of rotatable bonds is 1. The van der Waals surface area contributed by atoms with Crippen LogP contribution in [-0.2, 0) is 6.42 Å². The van der Waals surface area contributed by atoms with Gasteiger partial charge in [-0.3, -0.25) is 0 Å². The molecule has 0 heterocycles. The first kappa shape index (κ1) is 9.54. The highest BCUT2D eigenvalue weighted by Gasteiger charge is 2.23. The number of fused-ring (bicyclic) bond motifs is 1. The lowest BCUT2D eigenvalue weighted by molar-refractivity contribution is 0.411. The number of aryl methyl sites for hydroxylation is 1. The summed E-state index contributed by atoms with van der Waals surface area (Å²) in [5, 5.41) is 8.94. The maximum absolute atomic E-state index is 8.94. The van der Waals surface area contributed by atoms with Crippen molar-refractivity contribution in [2.45, 2.75) is 18.8 Å². The van der Waals surface area contributed by atoms with Crippen molar-refractivity contribution in [1.29, 1.82) is 5.26 Å². The maximum Gasteiger partial charge on any atom is 0.133 e. The van der Waals surface area contributed by atoms with E-state index in [1.807, 2.05) is 6.07 Å². The van der Waals surface area contributed by atoms with Gasteiger partial charge < -0.3 is 4.74 Å². The van der Waals surface area contributed by atoms with Gasteiger partial charge in [0.2, 0.25) is 0 Å². The van der Waals surface area contributed by atoms with Gasteiger partial charge in [-0.05, 0) is 52.0 Å². The predicted molar refractivity (Wildman–Crippen MR) is 57.4 cm³/mol. The molecule has 1 aromatic carbocycles. The zero-order valence-corrected chi connectivity index (χ0v) is 9.47. The van der Waals surface area contributed by atoms with Gasteiger partial charge in [0.05, 0.1) is 23.6 Å². The Morgan fingerprint density at radius 3 is 3.00 bits per heavy atom. The second kappa shape index (κ2) is 3.62. The van der Waals surface area contributed by atoms with E-state index in [4.69, 9.17) is 10.00 Å². The molecule has 14 heavy (non-hydrogen) atoms. The molecule has 0 aromatic heterocycles. The summed E-state index contributed by atoms with van der Waals surface area (Å²) in [6.45, 7) is 0. The van der Waals surface area contributed by atoms with Gasteiger partial charge in [-0.15, -0.1) is 0 Å². The molecule has 2 nitrogen and oxygen atoms in total. The molecule has 0 radical (unpaired) electrons. The molecule has 0 aliphatic heterocycles. The van der Waals surface area contributed by atoms with Crippen LogP contribution in [-0.4, -0.2) is 7.11 Å². The molecule has 1 aromatic rings. The minimum absolute atomic E-state index is 0.0481. The first-order chi connectivity index (χ1) is 6.76. The summed E-state index contributed by atoms with van der Waals surface area (Å²) >= 11 is 3.44. The molecule has 0 spiro atoms. The molecule has 0 saturated heterocycles. The molecule has 0 N–H and O–H groups in total. The zero-order valence-electron chi connectivity index (χ0n) is 7.88. The number of methoxy groups -OCH3 is 1. The van der Waals surface area contributed by atoms with Gasteiger partial charge in [-0.1, -0.05) is 0 Å². The van der Waals surface area contributed by atoms with Crippen molar-refractivity contribution in [3.05, 3.63) is 27.7 Å². The van der Waals surface area contributed by atoms with Crippen molar-refractivity contribution in [2.75, 3.05) is 7.11 Å². The van der Waals surface area contributed by atoms with Crippen LogP contribution < -0.4 is 4.74 Å². The Hall–Kier alpha value is -1.01. The molecule has 72 valence electrons. The van der Waals surface area contributed by atoms with Crippen molar-refractivity contribution in [1.82, 2.24) is 0 Å². The third kappa shape index (κ3) is 1.40. The number of ether oxygens (including phenoxy) is 1. The number of hydrogen-bond acceptors (Lipinski definition) is 2. The van der Waals surface area contributed by atoms with Crippen LogP contribution >= 0.6 is 15.9 Å². The van der Waals surface area contributed by atoms with Gasteiger partial charge in [0, 0.05) is 0 Å². The SMILES string of the molecule is COc1cc2c(cc1Br)CCC2C#N. The van der Waals surface area contributed by atoms with E-state index in [-0.39, 0.29) is 5.92 Å². The summed E-state index contributed by atoms with van der Waals surface area (Å²) in [7, 11) is 1.64. The van der Waals surface area contributed by atoms with Crippen LogP contribution in [0.5, 0.6) is 5.75 Å². The van der Waals surface area contributed by atoms with Crippen molar-refractivity contribution < 1.29 is 4.74 Å². The standard InChI is InChI=1S/C11H10BrNO/c1-14-11-5-9-7(4-10(11)12)2-3-8(9)6-13/h4-5,8H,2-3H2,1H3. The lowest BCUT2D eigenvalue weighted by atomic mass is 10.0. The number of nitrogens with zero attached hydrogens (tertiary/aromatic N) is 1. The second-order valence-corrected chi connectivity index (χ2v) is 4.26. The predicted octanol–water partition coefficient (Wildman–Crippen LogP) is 3.01. The average Bonchev–Trinajstić information content (AvgIpc) is 2.58. The van der Waals surface area contributed by atoms with Crippen molar-refractivity contribution in [2.24, 2.45) is 0 Å². The Balaban J connectivity index is 2.51. The summed E-state index contributed by atoms with van der Waals surface area (Å²) in [4.78, 5) is 0. The molecule has 0 bridgehead atoms. The zero-order chi connectivity index (χ0) is 10.1. The van der Waals surface area contributed by atoms with Gasteiger partial charge in [0.1, 0.15) is 5.75 Å². The van der Waals surface area contributed by atoms with Crippen molar-refractivity contribution in [3.8, 4) is 11.8 Å². The van der Waals surface area contributed by atoms with Gasteiger partial charge in [0.15, 0.2) is 0 Å². The smallest absolute Gasteiger partial charge is 0.133 e. The molecule has 0 amide bonds. The fourth-order valence-electron chi connectivity index (χ4n) is 1.90. The Bertz CT molecular complexity index is 408. The van der Waals surface area contributed by atoms with Crippen LogP contribution in [0.2, 0.25) is 0 Å². The maximum atomic E-state index is 8.94. The molecular formula is C11H10BrNO. The minimum atomic E-state index is 0.0481. The third-order valence-electron chi connectivity index (χ3n) is 2.65. The molecule has 1 unspecified atom stereocenters. The van der Waals surface area contributed by atoms with E-state index in [0.717, 1.165) is 28.6 Å². The van der Waals surface area contributed by atoms with Crippen LogP contribution in [0.4, 0.5) is 0 Å². The largest absolute Gasteiger partial charge is 0.496 e. The number of halogens is 1. The summed E-state index contributed by atoms with van der Waals surface area (Å²) in [6.07, 6.45) is 1.93. The molecule has 1 atom stereocenters. The quantitative estimate of drug-likeness (QED) is 0.769. The summed E-state index contributed by atoms with van der Waals surface area (Å²) in [5.41, 5.74) is 2.40. The van der Waals surface area contributed by atoms with Crippen molar-refractivity contribution >= 4 is 15.9 Å². The fraction of sp³-hybridized carbons (Fsp3) is 0.364. The van der Waals surface area contributed by atoms with Gasteiger partial charge in [0.25, 0.3) is 0 Å². The number of benzene rings is 1. The lowest BCUT2D eigenvalue weighted by Crippen LogP contribution is -1.92. The Kier molecular flexibility index (Phi) is 2.47. The van der Waals surface area contributed by atoms with E-state index in [0.29, 0.717) is 0 Å². The van der Waals surface area contributed by atoms with E-state index < -0.39 is 0 Å². The van der Waals surface area contributed by atoms with E-state index in [1.54, 1.807) is 7.11 Å². The van der Waals surface area contributed by atoms with Crippen molar-refractivity contribution in [3.63, 3.8) is 0 Å². The van der Waals surface area contributed by atoms with E-state index in [9.17, 15) is 0 Å². The van der Waals surface area contributed by atoms with Gasteiger partial charge >= 0.3 is 0 Å². The minimum Gasteiger partial charge on any atom is -0.496 e. The number of hydrogen-bond donors (Lipinski definition) is 0. The monoisotopic (exact) mass is 251 g/mol. The highest BCUT2D eigenvalue weighted by atomic mass is 79.9. The number of nitriles is 1. The van der Waals surface area contributed by atoms with Crippen LogP contribution in [0.25, 0.3) is 0 Å². The van der Waals surface area contributed by atoms with Crippen LogP contribution in [0.3, 0.4) is 0 Å². The summed E-state index contributed by atoms with van der Waals surface area (Å²) in [5.74, 6) is 0.859. The van der Waals surface area contributed by atoms with Crippen LogP contribution in [0, 0.1) is 11.3 Å². The molecule has 2 rings (SSSR count). The highest BCUT2D eigenvalue weighted by Crippen LogP contribution is 2.38. The first-order valence-electron chi connectivity index (χ1n) is 4.52. The van der Waals surface area contributed by atoms with Crippen LogP contribution in [0.1, 0.15) is 23.5 Å². The summed E-state index contributed by atoms with van der Waals surface area (Å²) in [6, 6.07) is 6.35. The van der Waals surface area contributed by atoms with E-state index >= 15 is 0 Å². The molecule has 3 heteroatoms. The highest BCUT2D eigenvalue weighted by molar-refractivity contribution is 9.10. The third-order valence-corrected chi connectivity index (χ3v) is 3.27. The fourth-order valence-corrected chi connectivity index (χ4v) is 2.45. The average molecular weight is 252 g/mol. The summed E-state index contributed by atoms with van der Waals surface area (Å²) < 4.78 is 6.18. The Morgan fingerprint density at radius 1 is 1.57 bits per heavy atom. The molecular weight excluding hydrogens is 242 g/mol. The molecule has 0 fully saturated rings. The second-order valence-electron chi connectivity index (χ2n) is 3.41. The molecule has 1 aliphatic rings. The van der Waals surface area contributed by atoms with Gasteiger partial charge in [-0.2, -0.15) is 5.26 Å². The normalized spacial score (nSPS) is 18.8. The van der Waals surface area contributed by atoms with E-state index in [1.165, 1.54) is 5.56 Å². The van der Waals surface area contributed by atoms with Gasteiger partial charge in [-0.25, -0.2) is 0 Å². The molecule has 1 aliphatic carbocycles.